The molecule has 0 aliphatic heterocycles. The van der Waals surface area contributed by atoms with Gasteiger partial charge in [-0.2, -0.15) is 8.42 Å². The van der Waals surface area contributed by atoms with Gasteiger partial charge in [0, 0.05) is 13.2 Å². The monoisotopic (exact) mass is 263 g/mol. The van der Waals surface area contributed by atoms with Crippen LogP contribution in [0, 0.1) is 5.41 Å². The van der Waals surface area contributed by atoms with E-state index in [1.54, 1.807) is 7.05 Å². The summed E-state index contributed by atoms with van der Waals surface area (Å²) in [4.78, 5) is 10.6. The molecule has 1 aromatic heterocycles. The summed E-state index contributed by atoms with van der Waals surface area (Å²) in [5, 5.41) is 7.27. The molecule has 96 valence electrons. The van der Waals surface area contributed by atoms with Crippen LogP contribution in [-0.2, 0) is 21.6 Å². The number of rotatable bonds is 2. The third-order valence-electron chi connectivity index (χ3n) is 1.63. The summed E-state index contributed by atoms with van der Waals surface area (Å²) in [6.45, 7) is 0. The van der Waals surface area contributed by atoms with Gasteiger partial charge in [-0.1, -0.05) is 0 Å². The number of carbonyl (C=O) groups is 1. The minimum Gasteiger partial charge on any atom is -0.366 e. The van der Waals surface area contributed by atoms with Gasteiger partial charge < -0.3 is 10.3 Å². The minimum atomic E-state index is -4.16. The Morgan fingerprint density at radius 1 is 1.53 bits per heavy atom. The second-order valence-corrected chi connectivity index (χ2v) is 4.06. The van der Waals surface area contributed by atoms with Crippen LogP contribution < -0.4 is 11.2 Å². The number of hydrogen-bond acceptors (Lipinski definition) is 5. The molecule has 0 saturated carbocycles. The van der Waals surface area contributed by atoms with Crippen LogP contribution in [-0.4, -0.2) is 30.6 Å². The number of carbonyl (C=O) groups excluding carboxylic acids is 1. The fraction of sp³-hybridized carbons (Fsp3) is 0.250. The van der Waals surface area contributed by atoms with Crippen molar-refractivity contribution in [3.05, 3.63) is 29.4 Å². The van der Waals surface area contributed by atoms with Crippen molar-refractivity contribution >= 4 is 16.3 Å². The van der Waals surface area contributed by atoms with E-state index in [1.165, 1.54) is 22.9 Å². The zero-order valence-electron chi connectivity index (χ0n) is 9.25. The lowest BCUT2D eigenvalue weighted by Gasteiger charge is -1.99. The number of primary amides is 1. The smallest absolute Gasteiger partial charge is 0.366 e. The number of pyridine rings is 1. The number of nitrogens with zero attached hydrogens (tertiary/aromatic N) is 1. The van der Waals surface area contributed by atoms with Crippen LogP contribution in [0.4, 0.5) is 0 Å². The highest BCUT2D eigenvalue weighted by molar-refractivity contribution is 7.80. The quantitative estimate of drug-likeness (QED) is 0.590. The maximum absolute atomic E-state index is 10.6. The van der Waals surface area contributed by atoms with Gasteiger partial charge in [0.25, 0.3) is 0 Å². The van der Waals surface area contributed by atoms with Gasteiger partial charge in [0.2, 0.25) is 5.91 Å². The molecule has 9 heteroatoms. The molecular weight excluding hydrogens is 250 g/mol. The van der Waals surface area contributed by atoms with E-state index in [4.69, 9.17) is 15.7 Å². The van der Waals surface area contributed by atoms with Gasteiger partial charge in [-0.3, -0.25) is 18.9 Å². The molecule has 1 amide bonds. The molecule has 0 radical (unpaired) electrons. The van der Waals surface area contributed by atoms with Crippen LogP contribution in [0.15, 0.2) is 18.3 Å². The number of amides is 1. The van der Waals surface area contributed by atoms with Crippen molar-refractivity contribution in [1.29, 1.82) is 5.41 Å². The molecule has 17 heavy (non-hydrogen) atoms. The number of nitrogens with two attached hydrogens (primary N) is 1. The van der Waals surface area contributed by atoms with Crippen molar-refractivity contribution in [3.8, 4) is 0 Å². The van der Waals surface area contributed by atoms with Crippen LogP contribution in [0.5, 0.6) is 0 Å². The van der Waals surface area contributed by atoms with Gasteiger partial charge in [-0.25, -0.2) is 0 Å². The number of hydrogen-bond donors (Lipinski definition) is 3. The molecule has 0 atom stereocenters. The molecule has 8 nitrogen and oxygen atoms in total. The highest BCUT2D eigenvalue weighted by Gasteiger charge is 1.98. The van der Waals surface area contributed by atoms with Crippen LogP contribution >= 0.6 is 0 Å². The Morgan fingerprint density at radius 3 is 2.29 bits per heavy atom. The summed E-state index contributed by atoms with van der Waals surface area (Å²) in [6, 6.07) is 3.06. The van der Waals surface area contributed by atoms with Gasteiger partial charge in [0.1, 0.15) is 5.49 Å². The average Bonchev–Trinajstić information content (AvgIpc) is 2.21. The highest BCUT2D eigenvalue weighted by atomic mass is 32.3. The van der Waals surface area contributed by atoms with E-state index in [9.17, 15) is 13.2 Å². The zero-order chi connectivity index (χ0) is 13.6. The van der Waals surface area contributed by atoms with E-state index in [1.807, 2.05) is 0 Å². The Morgan fingerprint density at radius 2 is 2.00 bits per heavy atom. The first kappa shape index (κ1) is 15.3. The topological polar surface area (TPSA) is 135 Å². The van der Waals surface area contributed by atoms with E-state index in [0.717, 1.165) is 7.11 Å². The van der Waals surface area contributed by atoms with Crippen molar-refractivity contribution in [1.82, 2.24) is 4.57 Å². The van der Waals surface area contributed by atoms with E-state index < -0.39 is 16.3 Å². The summed E-state index contributed by atoms with van der Waals surface area (Å²) in [6.07, 6.45) is 1.53. The summed E-state index contributed by atoms with van der Waals surface area (Å²) in [5.41, 5.74) is 5.78. The Balaban J connectivity index is 0.000000366. The summed E-state index contributed by atoms with van der Waals surface area (Å²) in [5.74, 6) is -0.472. The van der Waals surface area contributed by atoms with Crippen LogP contribution in [0.25, 0.3) is 0 Å². The first-order valence-electron chi connectivity index (χ1n) is 4.21. The number of nitrogens with one attached hydrogen (secondary N) is 1. The summed E-state index contributed by atoms with van der Waals surface area (Å²) < 4.78 is 31.2. The summed E-state index contributed by atoms with van der Waals surface area (Å²) in [7, 11) is -1.60. The van der Waals surface area contributed by atoms with Crippen molar-refractivity contribution in [2.24, 2.45) is 12.8 Å². The lowest BCUT2D eigenvalue weighted by atomic mass is 10.3. The number of aryl methyl sites for hydroxylation is 1. The molecule has 0 unspecified atom stereocenters. The minimum absolute atomic E-state index is 0.343. The predicted molar refractivity (Wildman–Crippen MR) is 58.3 cm³/mol. The zero-order valence-corrected chi connectivity index (χ0v) is 10.1. The average molecular weight is 263 g/mol. The normalized spacial score (nSPS) is 10.3. The third kappa shape index (κ3) is 6.45. The van der Waals surface area contributed by atoms with Gasteiger partial charge in [-0.15, -0.1) is 0 Å². The van der Waals surface area contributed by atoms with Crippen molar-refractivity contribution < 1.29 is 21.9 Å². The molecule has 1 heterocycles. The standard InChI is InChI=1S/C7H9N3O.CH4O4S/c1-10-4-5(7(9)11)2-3-6(10)8;1-5-6(2,3)4/h2-4,8H,1H3,(H2,9,11);1H3,(H,2,3,4). The Hall–Kier alpha value is -1.71. The van der Waals surface area contributed by atoms with E-state index >= 15 is 0 Å². The Bertz CT molecular complexity index is 549. The van der Waals surface area contributed by atoms with Gasteiger partial charge in [-0.05, 0) is 12.1 Å². The summed E-state index contributed by atoms with van der Waals surface area (Å²) >= 11 is 0. The van der Waals surface area contributed by atoms with Crippen LogP contribution in [0.1, 0.15) is 10.4 Å². The molecular formula is C8H13N3O5S. The first-order chi connectivity index (χ1) is 7.67. The Kier molecular flexibility index (Phi) is 5.51. The molecule has 0 saturated heterocycles. The van der Waals surface area contributed by atoms with Gasteiger partial charge in [0.05, 0.1) is 12.7 Å². The Labute approximate surface area is 98.1 Å². The molecule has 0 bridgehead atoms. The third-order valence-corrected chi connectivity index (χ3v) is 2.05. The fourth-order valence-electron chi connectivity index (χ4n) is 0.753. The van der Waals surface area contributed by atoms with E-state index in [0.29, 0.717) is 11.1 Å². The highest BCUT2D eigenvalue weighted by Crippen LogP contribution is 1.91. The lowest BCUT2D eigenvalue weighted by molar-refractivity contribution is 0.0999. The molecule has 4 N–H and O–H groups in total. The second-order valence-electron chi connectivity index (χ2n) is 2.87. The van der Waals surface area contributed by atoms with Crippen molar-refractivity contribution in [2.45, 2.75) is 0 Å². The molecule has 1 rings (SSSR count). The predicted octanol–water partition coefficient (Wildman–Crippen LogP) is -0.961. The van der Waals surface area contributed by atoms with Crippen molar-refractivity contribution in [3.63, 3.8) is 0 Å². The van der Waals surface area contributed by atoms with Gasteiger partial charge >= 0.3 is 10.4 Å². The maximum Gasteiger partial charge on any atom is 0.397 e. The maximum atomic E-state index is 10.6. The van der Waals surface area contributed by atoms with E-state index in [2.05, 4.69) is 4.18 Å². The molecule has 0 fully saturated rings. The molecule has 0 aromatic carbocycles. The van der Waals surface area contributed by atoms with Crippen LogP contribution in [0.3, 0.4) is 0 Å². The second kappa shape index (κ2) is 6.13. The SMILES string of the molecule is COS(=O)(=O)O.Cn1cc(C(N)=O)ccc1=N. The van der Waals surface area contributed by atoms with Crippen LogP contribution in [0.2, 0.25) is 0 Å². The van der Waals surface area contributed by atoms with Gasteiger partial charge in [0.15, 0.2) is 0 Å². The molecule has 0 spiro atoms. The molecule has 0 aliphatic carbocycles. The fourth-order valence-corrected chi connectivity index (χ4v) is 0.753. The molecule has 1 aromatic rings. The van der Waals surface area contributed by atoms with Crippen molar-refractivity contribution in [2.75, 3.05) is 7.11 Å². The lowest BCUT2D eigenvalue weighted by Crippen LogP contribution is -2.19. The number of aromatic nitrogens is 1. The largest absolute Gasteiger partial charge is 0.397 e. The molecule has 0 aliphatic rings. The first-order valence-corrected chi connectivity index (χ1v) is 5.58. The van der Waals surface area contributed by atoms with E-state index in [-0.39, 0.29) is 0 Å².